The Kier molecular flexibility index (Phi) is 7.63. The number of hydrogen-bond acceptors (Lipinski definition) is 5. The number of ether oxygens (including phenoxy) is 2. The number of amides is 1. The quantitative estimate of drug-likeness (QED) is 0.217. The monoisotopic (exact) mass is 513 g/mol. The van der Waals surface area contributed by atoms with E-state index in [1.165, 1.54) is 4.90 Å². The maximum atomic E-state index is 13.5. The maximum absolute atomic E-state index is 13.5. The molecule has 0 aliphatic carbocycles. The third kappa shape index (κ3) is 5.44. The van der Waals surface area contributed by atoms with E-state index in [1.54, 1.807) is 55.6 Å². The van der Waals surface area contributed by atoms with Crippen molar-refractivity contribution in [3.05, 3.63) is 95.1 Å². The lowest BCUT2D eigenvalue weighted by Crippen LogP contribution is -2.29. The van der Waals surface area contributed by atoms with Crippen LogP contribution in [0.15, 0.2) is 78.4 Å². The molecule has 0 saturated carbocycles. The predicted octanol–water partition coefficient (Wildman–Crippen LogP) is 6.65. The summed E-state index contributed by atoms with van der Waals surface area (Å²) in [6.07, 6.45) is 0. The lowest BCUT2D eigenvalue weighted by Gasteiger charge is -2.27. The number of Topliss-reactive ketones (excluding diaryl/α,β-unsaturated/α-hetero) is 1. The predicted molar refractivity (Wildman–Crippen MR) is 150 cm³/mol. The molecule has 3 aromatic carbocycles. The molecule has 1 aliphatic heterocycles. The Morgan fingerprint density at radius 3 is 2.18 bits per heavy atom. The molecular weight excluding hydrogens is 478 g/mol. The van der Waals surface area contributed by atoms with E-state index in [4.69, 9.17) is 9.47 Å². The highest BCUT2D eigenvalue weighted by Gasteiger charge is 2.47. The average Bonchev–Trinajstić information content (AvgIpc) is 3.17. The molecule has 1 aliphatic rings. The van der Waals surface area contributed by atoms with Crippen LogP contribution in [0, 0.1) is 5.92 Å². The minimum absolute atomic E-state index is 0.0288. The van der Waals surface area contributed by atoms with Crippen molar-refractivity contribution in [3.63, 3.8) is 0 Å². The van der Waals surface area contributed by atoms with Crippen molar-refractivity contribution in [1.82, 2.24) is 0 Å². The highest BCUT2D eigenvalue weighted by molar-refractivity contribution is 6.51. The highest BCUT2D eigenvalue weighted by Crippen LogP contribution is 2.43. The molecule has 1 unspecified atom stereocenters. The Morgan fingerprint density at radius 1 is 0.947 bits per heavy atom. The number of anilines is 1. The van der Waals surface area contributed by atoms with Gasteiger partial charge in [-0.3, -0.25) is 14.5 Å². The molecule has 1 heterocycles. The van der Waals surface area contributed by atoms with Crippen LogP contribution in [0.5, 0.6) is 11.5 Å². The Morgan fingerprint density at radius 2 is 1.61 bits per heavy atom. The first-order chi connectivity index (χ1) is 18.0. The summed E-state index contributed by atoms with van der Waals surface area (Å²) in [5.74, 6) is -0.115. The SMILES string of the molecule is COc1ccc(C2/C(=C(\O)c3cccc(OCC(C)C)c3)C(=O)C(=O)N2c2ccc(C(C)(C)C)cc2)cc1. The number of hydrogen-bond donors (Lipinski definition) is 1. The van der Waals surface area contributed by atoms with E-state index < -0.39 is 17.7 Å². The van der Waals surface area contributed by atoms with E-state index >= 15 is 0 Å². The summed E-state index contributed by atoms with van der Waals surface area (Å²) in [4.78, 5) is 28.4. The molecular formula is C32H35NO5. The lowest BCUT2D eigenvalue weighted by atomic mass is 9.87. The van der Waals surface area contributed by atoms with E-state index in [2.05, 4.69) is 20.8 Å². The number of aliphatic hydroxyl groups excluding tert-OH is 1. The normalized spacial score (nSPS) is 17.2. The first kappa shape index (κ1) is 27.0. The zero-order valence-corrected chi connectivity index (χ0v) is 22.8. The summed E-state index contributed by atoms with van der Waals surface area (Å²) < 4.78 is 11.1. The molecule has 0 radical (unpaired) electrons. The van der Waals surface area contributed by atoms with Gasteiger partial charge in [-0.1, -0.05) is 71.0 Å². The van der Waals surface area contributed by atoms with Gasteiger partial charge in [0.05, 0.1) is 25.3 Å². The molecule has 1 N–H and O–H groups in total. The van der Waals surface area contributed by atoms with Gasteiger partial charge in [0.2, 0.25) is 0 Å². The van der Waals surface area contributed by atoms with Gasteiger partial charge < -0.3 is 14.6 Å². The molecule has 198 valence electrons. The van der Waals surface area contributed by atoms with Crippen LogP contribution >= 0.6 is 0 Å². The number of carbonyl (C=O) groups is 2. The molecule has 38 heavy (non-hydrogen) atoms. The van der Waals surface area contributed by atoms with Crippen molar-refractivity contribution in [1.29, 1.82) is 0 Å². The van der Waals surface area contributed by atoms with Gasteiger partial charge in [-0.25, -0.2) is 0 Å². The fourth-order valence-corrected chi connectivity index (χ4v) is 4.47. The minimum Gasteiger partial charge on any atom is -0.507 e. The van der Waals surface area contributed by atoms with Gasteiger partial charge in [0, 0.05) is 11.3 Å². The van der Waals surface area contributed by atoms with E-state index in [1.807, 2.05) is 38.1 Å². The molecule has 0 aromatic heterocycles. The largest absolute Gasteiger partial charge is 0.507 e. The standard InChI is InChI=1S/C32H35NO5/c1-20(2)19-38-26-9-7-8-22(18-26)29(34)27-28(21-10-16-25(37-6)17-11-21)33(31(36)30(27)35)24-14-12-23(13-15-24)32(3,4)5/h7-18,20,28,34H,19H2,1-6H3/b29-27+. The van der Waals surface area contributed by atoms with Crippen molar-refractivity contribution in [2.75, 3.05) is 18.6 Å². The van der Waals surface area contributed by atoms with Gasteiger partial charge in [0.25, 0.3) is 11.7 Å². The van der Waals surface area contributed by atoms with Crippen molar-refractivity contribution < 1.29 is 24.2 Å². The first-order valence-electron chi connectivity index (χ1n) is 12.8. The summed E-state index contributed by atoms with van der Waals surface area (Å²) in [7, 11) is 1.58. The Bertz CT molecular complexity index is 1350. The molecule has 1 amide bonds. The first-order valence-corrected chi connectivity index (χ1v) is 12.8. The fourth-order valence-electron chi connectivity index (χ4n) is 4.47. The third-order valence-electron chi connectivity index (χ3n) is 6.58. The number of carbonyl (C=O) groups excluding carboxylic acids is 2. The fraction of sp³-hybridized carbons (Fsp3) is 0.312. The number of nitrogens with zero attached hydrogens (tertiary/aromatic N) is 1. The maximum Gasteiger partial charge on any atom is 0.300 e. The molecule has 3 aromatic rings. The van der Waals surface area contributed by atoms with E-state index in [0.29, 0.717) is 40.8 Å². The summed E-state index contributed by atoms with van der Waals surface area (Å²) in [5.41, 5.74) is 2.74. The van der Waals surface area contributed by atoms with Crippen LogP contribution in [0.2, 0.25) is 0 Å². The number of ketones is 1. The van der Waals surface area contributed by atoms with E-state index in [9.17, 15) is 14.7 Å². The Labute approximate surface area is 224 Å². The zero-order valence-electron chi connectivity index (χ0n) is 22.8. The van der Waals surface area contributed by atoms with Crippen LogP contribution in [0.3, 0.4) is 0 Å². The molecule has 1 atom stereocenters. The van der Waals surface area contributed by atoms with Crippen molar-refractivity contribution >= 4 is 23.1 Å². The van der Waals surface area contributed by atoms with Crippen LogP contribution in [-0.2, 0) is 15.0 Å². The van der Waals surface area contributed by atoms with Gasteiger partial charge in [-0.15, -0.1) is 0 Å². The molecule has 4 rings (SSSR count). The van der Waals surface area contributed by atoms with Gasteiger partial charge in [0.15, 0.2) is 0 Å². The van der Waals surface area contributed by atoms with Gasteiger partial charge >= 0.3 is 0 Å². The number of methoxy groups -OCH3 is 1. The van der Waals surface area contributed by atoms with Crippen LogP contribution in [0.1, 0.15) is 57.4 Å². The van der Waals surface area contributed by atoms with Gasteiger partial charge in [0.1, 0.15) is 17.3 Å². The van der Waals surface area contributed by atoms with Crippen molar-refractivity contribution in [2.45, 2.75) is 46.1 Å². The third-order valence-corrected chi connectivity index (χ3v) is 6.58. The summed E-state index contributed by atoms with van der Waals surface area (Å²) in [6, 6.07) is 20.9. The van der Waals surface area contributed by atoms with Crippen molar-refractivity contribution in [3.8, 4) is 11.5 Å². The molecule has 0 spiro atoms. The molecule has 6 nitrogen and oxygen atoms in total. The van der Waals surface area contributed by atoms with E-state index in [-0.39, 0.29) is 16.7 Å². The molecule has 1 saturated heterocycles. The van der Waals surface area contributed by atoms with Crippen LogP contribution in [0.4, 0.5) is 5.69 Å². The number of benzene rings is 3. The summed E-state index contributed by atoms with van der Waals surface area (Å²) in [6.45, 7) is 11.0. The van der Waals surface area contributed by atoms with Crippen molar-refractivity contribution in [2.24, 2.45) is 5.92 Å². The smallest absolute Gasteiger partial charge is 0.300 e. The van der Waals surface area contributed by atoms with Crippen LogP contribution in [-0.4, -0.2) is 30.5 Å². The second-order valence-corrected chi connectivity index (χ2v) is 11.0. The Hall–Kier alpha value is -4.06. The molecule has 1 fully saturated rings. The minimum atomic E-state index is -0.818. The molecule has 6 heteroatoms. The molecule has 0 bridgehead atoms. The number of rotatable bonds is 7. The summed E-state index contributed by atoms with van der Waals surface area (Å²) >= 11 is 0. The summed E-state index contributed by atoms with van der Waals surface area (Å²) in [5, 5.41) is 11.5. The highest BCUT2D eigenvalue weighted by atomic mass is 16.5. The van der Waals surface area contributed by atoms with Gasteiger partial charge in [-0.2, -0.15) is 0 Å². The topological polar surface area (TPSA) is 76.1 Å². The second kappa shape index (κ2) is 10.7. The van der Waals surface area contributed by atoms with Gasteiger partial charge in [-0.05, 0) is 58.9 Å². The number of aliphatic hydroxyl groups is 1. The lowest BCUT2D eigenvalue weighted by molar-refractivity contribution is -0.132. The van der Waals surface area contributed by atoms with Crippen LogP contribution < -0.4 is 14.4 Å². The Balaban J connectivity index is 1.85. The van der Waals surface area contributed by atoms with Crippen LogP contribution in [0.25, 0.3) is 5.76 Å². The zero-order chi connectivity index (χ0) is 27.6. The average molecular weight is 514 g/mol. The second-order valence-electron chi connectivity index (χ2n) is 11.0. The van der Waals surface area contributed by atoms with E-state index in [0.717, 1.165) is 5.56 Å².